The van der Waals surface area contributed by atoms with Crippen molar-refractivity contribution in [1.29, 1.82) is 0 Å². The molecule has 0 aliphatic carbocycles. The molecule has 0 N–H and O–H groups in total. The molecule has 2 heterocycles. The van der Waals surface area contributed by atoms with Crippen LogP contribution in [-0.4, -0.2) is 55.2 Å². The molecule has 182 valence electrons. The fourth-order valence-corrected chi connectivity index (χ4v) is 5.31. The van der Waals surface area contributed by atoms with Crippen LogP contribution in [0.5, 0.6) is 0 Å². The molecule has 1 saturated heterocycles. The summed E-state index contributed by atoms with van der Waals surface area (Å²) in [6.07, 6.45) is 4.99. The van der Waals surface area contributed by atoms with E-state index < -0.39 is 16.1 Å². The predicted octanol–water partition coefficient (Wildman–Crippen LogP) is 2.81. The smallest absolute Gasteiger partial charge is 0.343 e. The molecule has 2 aromatic rings. The van der Waals surface area contributed by atoms with Gasteiger partial charge in [0.15, 0.2) is 0 Å². The summed E-state index contributed by atoms with van der Waals surface area (Å²) < 4.78 is 33.0. The topological polar surface area (TPSA) is 93.9 Å². The third-order valence-corrected chi connectivity index (χ3v) is 7.60. The van der Waals surface area contributed by atoms with Crippen LogP contribution in [0.2, 0.25) is 0 Å². The quantitative estimate of drug-likeness (QED) is 0.411. The fraction of sp³-hybridized carbons (Fsp3) is 0.583. The number of hydrogen-bond donors (Lipinski definition) is 0. The Kier molecular flexibility index (Phi) is 7.84. The first kappa shape index (κ1) is 25.2. The van der Waals surface area contributed by atoms with Gasteiger partial charge in [0.05, 0.1) is 18.4 Å². The highest BCUT2D eigenvalue weighted by Crippen LogP contribution is 2.25. The van der Waals surface area contributed by atoms with Crippen molar-refractivity contribution in [3.63, 3.8) is 0 Å². The Bertz CT molecular complexity index is 1070. The van der Waals surface area contributed by atoms with Crippen molar-refractivity contribution in [2.75, 3.05) is 24.4 Å². The van der Waals surface area contributed by atoms with Gasteiger partial charge in [0.25, 0.3) is 0 Å². The van der Waals surface area contributed by atoms with Gasteiger partial charge in [-0.3, -0.25) is 4.68 Å². The van der Waals surface area contributed by atoms with E-state index in [0.717, 1.165) is 36.1 Å². The lowest BCUT2D eigenvalue weighted by Crippen LogP contribution is -2.42. The van der Waals surface area contributed by atoms with E-state index >= 15 is 0 Å². The zero-order valence-electron chi connectivity index (χ0n) is 20.5. The molecule has 1 aliphatic rings. The number of benzene rings is 1. The van der Waals surface area contributed by atoms with Crippen LogP contribution in [0.4, 0.5) is 5.69 Å². The summed E-state index contributed by atoms with van der Waals surface area (Å²) in [6.45, 7) is 9.57. The molecule has 0 spiro atoms. The Balaban J connectivity index is 1.90. The summed E-state index contributed by atoms with van der Waals surface area (Å²) in [7, 11) is -0.500. The zero-order valence-corrected chi connectivity index (χ0v) is 21.3. The van der Waals surface area contributed by atoms with Gasteiger partial charge in [-0.2, -0.15) is 17.9 Å². The van der Waals surface area contributed by atoms with Crippen molar-refractivity contribution in [1.82, 2.24) is 14.7 Å². The number of likely N-dealkylation sites (N-methyl/N-ethyl adjacent to an activating group) is 1. The molecular weight excluding hydrogens is 438 g/mol. The summed E-state index contributed by atoms with van der Waals surface area (Å²) in [6, 6.07) is 6.17. The van der Waals surface area contributed by atoms with Crippen molar-refractivity contribution >= 4 is 21.8 Å². The van der Waals surface area contributed by atoms with Crippen molar-refractivity contribution in [3.05, 3.63) is 47.3 Å². The highest BCUT2D eigenvalue weighted by molar-refractivity contribution is 7.91. The first-order chi connectivity index (χ1) is 15.5. The molecule has 0 unspecified atom stereocenters. The monoisotopic (exact) mass is 474 g/mol. The van der Waals surface area contributed by atoms with Crippen LogP contribution in [0.1, 0.15) is 69.1 Å². The molecule has 9 heteroatoms. The van der Waals surface area contributed by atoms with E-state index in [-0.39, 0.29) is 19.0 Å². The lowest BCUT2D eigenvalue weighted by atomic mass is 9.92. The van der Waals surface area contributed by atoms with E-state index in [1.165, 1.54) is 10.5 Å². The summed E-state index contributed by atoms with van der Waals surface area (Å²) in [5.41, 5.74) is 3.47. The number of likely N-dealkylation sites (tertiary alicyclic amines) is 1. The third kappa shape index (κ3) is 6.35. The largest absolute Gasteiger partial charge is 0.861 e. The van der Waals surface area contributed by atoms with E-state index in [1.54, 1.807) is 17.9 Å². The van der Waals surface area contributed by atoms with Gasteiger partial charge in [0.2, 0.25) is 0 Å². The van der Waals surface area contributed by atoms with E-state index in [2.05, 4.69) is 48.2 Å². The van der Waals surface area contributed by atoms with Gasteiger partial charge >= 0.3 is 10.2 Å². The molecule has 0 saturated carbocycles. The maximum Gasteiger partial charge on any atom is 0.343 e. The van der Waals surface area contributed by atoms with Crippen LogP contribution in [-0.2, 0) is 23.7 Å². The van der Waals surface area contributed by atoms with Gasteiger partial charge in [0, 0.05) is 25.7 Å². The molecule has 33 heavy (non-hydrogen) atoms. The molecular formula is C24H36N5O3S-. The van der Waals surface area contributed by atoms with E-state index in [4.69, 9.17) is 0 Å². The molecule has 3 rings (SSSR count). The highest BCUT2D eigenvalue weighted by atomic mass is 32.2. The maximum atomic E-state index is 13.3. The molecule has 0 bridgehead atoms. The Morgan fingerprint density at radius 2 is 1.82 bits per heavy atom. The van der Waals surface area contributed by atoms with Crippen LogP contribution >= 0.6 is 0 Å². The number of aryl methyl sites for hydroxylation is 1. The first-order valence-corrected chi connectivity index (χ1v) is 13.0. The van der Waals surface area contributed by atoms with Crippen molar-refractivity contribution in [2.24, 2.45) is 11.4 Å². The Labute approximate surface area is 198 Å². The summed E-state index contributed by atoms with van der Waals surface area (Å²) in [5, 5.41) is 16.9. The zero-order chi connectivity index (χ0) is 24.3. The van der Waals surface area contributed by atoms with Crippen LogP contribution in [0.15, 0.2) is 35.0 Å². The summed E-state index contributed by atoms with van der Waals surface area (Å²) in [4.78, 5) is 2.14. The van der Waals surface area contributed by atoms with Crippen molar-refractivity contribution < 1.29 is 13.5 Å². The summed E-state index contributed by atoms with van der Waals surface area (Å²) >= 11 is 0. The van der Waals surface area contributed by atoms with E-state index in [1.807, 2.05) is 19.2 Å². The average Bonchev–Trinajstić information content (AvgIpc) is 3.32. The molecule has 1 aromatic heterocycles. The minimum Gasteiger partial charge on any atom is -0.861 e. The average molecular weight is 475 g/mol. The van der Waals surface area contributed by atoms with Gasteiger partial charge < -0.3 is 10.0 Å². The molecule has 1 atom stereocenters. The third-order valence-electron chi connectivity index (χ3n) is 6.25. The molecule has 1 fully saturated rings. The summed E-state index contributed by atoms with van der Waals surface area (Å²) in [5.74, 6) is -0.0512. The molecule has 0 amide bonds. The highest BCUT2D eigenvalue weighted by Gasteiger charge is 2.30. The normalized spacial score (nSPS) is 17.9. The van der Waals surface area contributed by atoms with Crippen molar-refractivity contribution in [3.8, 4) is 0 Å². The van der Waals surface area contributed by atoms with Crippen LogP contribution in [0.25, 0.3) is 0 Å². The minimum absolute atomic E-state index is 0.0519. The van der Waals surface area contributed by atoms with Gasteiger partial charge in [-0.15, -0.1) is 0 Å². The number of rotatable bonds is 9. The second kappa shape index (κ2) is 10.3. The van der Waals surface area contributed by atoms with E-state index in [0.29, 0.717) is 17.5 Å². The van der Waals surface area contributed by atoms with Gasteiger partial charge in [-0.1, -0.05) is 45.9 Å². The molecule has 1 aliphatic heterocycles. The Morgan fingerprint density at radius 1 is 1.18 bits per heavy atom. The van der Waals surface area contributed by atoms with Crippen LogP contribution in [0, 0.1) is 0 Å². The lowest BCUT2D eigenvalue weighted by Gasteiger charge is -2.28. The van der Waals surface area contributed by atoms with Crippen LogP contribution < -0.4 is 9.41 Å². The molecule has 8 nitrogen and oxygen atoms in total. The van der Waals surface area contributed by atoms with Crippen molar-refractivity contribution in [2.45, 2.75) is 64.8 Å². The second-order valence-corrected chi connectivity index (χ2v) is 11.2. The predicted molar refractivity (Wildman–Crippen MR) is 131 cm³/mol. The number of nitrogens with zero attached hydrogens (tertiary/aromatic N) is 5. The SMILES string of the molecule is CC(C)c1cc(C/C([O-])=N/S(=O)(=O)N(C[C@@H]2CCCN2C)c2cnn(C)c2)cc(C(C)C)c1. The Hall–Kier alpha value is -2.39. The van der Waals surface area contributed by atoms with Gasteiger partial charge in [-0.05, 0) is 60.9 Å². The van der Waals surface area contributed by atoms with Gasteiger partial charge in [-0.25, -0.2) is 4.31 Å². The van der Waals surface area contributed by atoms with Crippen LogP contribution in [0.3, 0.4) is 0 Å². The van der Waals surface area contributed by atoms with E-state index in [9.17, 15) is 13.5 Å². The van der Waals surface area contributed by atoms with Gasteiger partial charge in [0.1, 0.15) is 0 Å². The minimum atomic E-state index is -4.22. The maximum absolute atomic E-state index is 13.3. The first-order valence-electron chi connectivity index (χ1n) is 11.6. The Morgan fingerprint density at radius 3 is 2.30 bits per heavy atom. The standard InChI is InChI=1S/C24H37N5O3S/c1-17(2)20-10-19(11-21(13-20)18(3)4)12-24(30)26-33(31,32)29(23-14-25-28(6)15-23)16-22-8-7-9-27(22)5/h10-11,13-15,17-18,22H,7-9,12,16H2,1-6H3,(H,26,30)/p-1/t22-/m0/s1. The number of anilines is 1. The number of hydrogen-bond acceptors (Lipinski definition) is 5. The molecule has 0 radical (unpaired) electrons. The molecule has 1 aromatic carbocycles. The lowest BCUT2D eigenvalue weighted by molar-refractivity contribution is -0.217. The fourth-order valence-electron chi connectivity index (χ4n) is 4.17. The second-order valence-electron chi connectivity index (χ2n) is 9.64. The number of aromatic nitrogens is 2.